The SMILES string of the molecule is O=C(Cc1ccc(Cl)cc1)N1CCN(c2ccc([N+](=O)[O-])c(N3CCOCC3)c2)CC1. The number of nitro benzene ring substituents is 1. The van der Waals surface area contributed by atoms with Crippen LogP contribution in [-0.2, 0) is 16.0 Å². The van der Waals surface area contributed by atoms with Crippen LogP contribution in [-0.4, -0.2) is 68.2 Å². The van der Waals surface area contributed by atoms with Crippen molar-refractivity contribution in [3.8, 4) is 0 Å². The lowest BCUT2D eigenvalue weighted by atomic mass is 10.1. The van der Waals surface area contributed by atoms with Crippen LogP contribution in [0, 0.1) is 10.1 Å². The van der Waals surface area contributed by atoms with E-state index < -0.39 is 0 Å². The Morgan fingerprint density at radius 2 is 1.65 bits per heavy atom. The van der Waals surface area contributed by atoms with Gasteiger partial charge in [0.15, 0.2) is 0 Å². The first-order valence-electron chi connectivity index (χ1n) is 10.4. The second-order valence-electron chi connectivity index (χ2n) is 7.70. The van der Waals surface area contributed by atoms with Crippen molar-refractivity contribution in [2.75, 3.05) is 62.3 Å². The molecule has 0 atom stereocenters. The van der Waals surface area contributed by atoms with Crippen molar-refractivity contribution in [3.63, 3.8) is 0 Å². The summed E-state index contributed by atoms with van der Waals surface area (Å²) in [4.78, 5) is 29.9. The number of nitrogens with zero attached hydrogens (tertiary/aromatic N) is 4. The molecule has 0 aliphatic carbocycles. The van der Waals surface area contributed by atoms with Crippen LogP contribution < -0.4 is 9.80 Å². The highest BCUT2D eigenvalue weighted by molar-refractivity contribution is 6.30. The highest BCUT2D eigenvalue weighted by Gasteiger charge is 2.25. The van der Waals surface area contributed by atoms with E-state index in [1.807, 2.05) is 28.0 Å². The summed E-state index contributed by atoms with van der Waals surface area (Å²) < 4.78 is 5.38. The summed E-state index contributed by atoms with van der Waals surface area (Å²) in [6.45, 7) is 5.02. The van der Waals surface area contributed by atoms with Gasteiger partial charge in [-0.05, 0) is 29.8 Å². The molecular formula is C22H25ClN4O4. The van der Waals surface area contributed by atoms with E-state index in [2.05, 4.69) is 4.90 Å². The molecule has 0 radical (unpaired) electrons. The number of morpholine rings is 1. The highest BCUT2D eigenvalue weighted by atomic mass is 35.5. The molecule has 0 saturated carbocycles. The first kappa shape index (κ1) is 21.4. The van der Waals surface area contributed by atoms with E-state index in [9.17, 15) is 14.9 Å². The monoisotopic (exact) mass is 444 g/mol. The van der Waals surface area contributed by atoms with Gasteiger partial charge >= 0.3 is 0 Å². The molecule has 2 aliphatic rings. The second kappa shape index (κ2) is 9.53. The van der Waals surface area contributed by atoms with Crippen molar-refractivity contribution in [2.45, 2.75) is 6.42 Å². The number of rotatable bonds is 5. The molecule has 0 aromatic heterocycles. The minimum Gasteiger partial charge on any atom is -0.378 e. The Bertz CT molecular complexity index is 939. The second-order valence-corrected chi connectivity index (χ2v) is 8.14. The van der Waals surface area contributed by atoms with E-state index in [0.717, 1.165) is 11.3 Å². The molecule has 0 unspecified atom stereocenters. The molecule has 2 aromatic carbocycles. The maximum Gasteiger partial charge on any atom is 0.292 e. The van der Waals surface area contributed by atoms with Crippen LogP contribution in [0.2, 0.25) is 5.02 Å². The van der Waals surface area contributed by atoms with Gasteiger partial charge in [0.2, 0.25) is 5.91 Å². The van der Waals surface area contributed by atoms with E-state index in [1.54, 1.807) is 24.3 Å². The van der Waals surface area contributed by atoms with Gasteiger partial charge in [-0.1, -0.05) is 23.7 Å². The fraction of sp³-hybridized carbons (Fsp3) is 0.409. The zero-order chi connectivity index (χ0) is 21.8. The van der Waals surface area contributed by atoms with Gasteiger partial charge in [0.25, 0.3) is 5.69 Å². The van der Waals surface area contributed by atoms with Crippen LogP contribution in [0.4, 0.5) is 17.1 Å². The predicted molar refractivity (Wildman–Crippen MR) is 120 cm³/mol. The average molecular weight is 445 g/mol. The molecule has 2 aromatic rings. The summed E-state index contributed by atoms with van der Waals surface area (Å²) in [5.74, 6) is 0.0969. The number of hydrogen-bond donors (Lipinski definition) is 0. The number of halogens is 1. The first-order valence-corrected chi connectivity index (χ1v) is 10.8. The van der Waals surface area contributed by atoms with Crippen LogP contribution in [0.5, 0.6) is 0 Å². The molecule has 164 valence electrons. The van der Waals surface area contributed by atoms with Gasteiger partial charge in [0, 0.05) is 56.0 Å². The fourth-order valence-electron chi connectivity index (χ4n) is 4.02. The van der Waals surface area contributed by atoms with Gasteiger partial charge in [0.05, 0.1) is 24.6 Å². The maximum absolute atomic E-state index is 12.7. The molecule has 1 amide bonds. The van der Waals surface area contributed by atoms with Gasteiger partial charge in [-0.15, -0.1) is 0 Å². The Labute approximate surface area is 186 Å². The third-order valence-corrected chi connectivity index (χ3v) is 6.03. The quantitative estimate of drug-likeness (QED) is 0.521. The predicted octanol–water partition coefficient (Wildman–Crippen LogP) is 2.98. The van der Waals surface area contributed by atoms with Crippen molar-refractivity contribution in [2.24, 2.45) is 0 Å². The number of ether oxygens (including phenoxy) is 1. The van der Waals surface area contributed by atoms with E-state index in [1.165, 1.54) is 0 Å². The number of hydrogen-bond acceptors (Lipinski definition) is 6. The molecule has 31 heavy (non-hydrogen) atoms. The summed E-state index contributed by atoms with van der Waals surface area (Å²) in [7, 11) is 0. The molecule has 9 heteroatoms. The van der Waals surface area contributed by atoms with Crippen molar-refractivity contribution >= 4 is 34.6 Å². The number of piperazine rings is 1. The Hall–Kier alpha value is -2.84. The van der Waals surface area contributed by atoms with Crippen LogP contribution in [0.15, 0.2) is 42.5 Å². The molecule has 0 spiro atoms. The Morgan fingerprint density at radius 3 is 2.29 bits per heavy atom. The molecule has 2 saturated heterocycles. The summed E-state index contributed by atoms with van der Waals surface area (Å²) in [6, 6.07) is 12.6. The largest absolute Gasteiger partial charge is 0.378 e. The normalized spacial score (nSPS) is 17.0. The molecule has 2 heterocycles. The van der Waals surface area contributed by atoms with E-state index >= 15 is 0 Å². The molecule has 2 fully saturated rings. The number of nitro groups is 1. The number of anilines is 2. The van der Waals surface area contributed by atoms with Gasteiger partial charge < -0.3 is 19.4 Å². The third kappa shape index (κ3) is 5.08. The van der Waals surface area contributed by atoms with Gasteiger partial charge in [-0.3, -0.25) is 14.9 Å². The number of benzene rings is 2. The Kier molecular flexibility index (Phi) is 6.58. The zero-order valence-electron chi connectivity index (χ0n) is 17.2. The lowest BCUT2D eigenvalue weighted by Gasteiger charge is -2.37. The van der Waals surface area contributed by atoms with Crippen molar-refractivity contribution in [3.05, 3.63) is 63.2 Å². The highest BCUT2D eigenvalue weighted by Crippen LogP contribution is 2.33. The molecular weight excluding hydrogens is 420 g/mol. The molecule has 2 aliphatic heterocycles. The third-order valence-electron chi connectivity index (χ3n) is 5.77. The molecule has 4 rings (SSSR count). The van der Waals surface area contributed by atoms with Crippen molar-refractivity contribution in [1.29, 1.82) is 0 Å². The topological polar surface area (TPSA) is 79.2 Å². The van der Waals surface area contributed by atoms with Crippen LogP contribution >= 0.6 is 11.6 Å². The fourth-order valence-corrected chi connectivity index (χ4v) is 4.15. The smallest absolute Gasteiger partial charge is 0.292 e. The minimum atomic E-state index is -0.331. The van der Waals surface area contributed by atoms with Gasteiger partial charge in [-0.25, -0.2) is 0 Å². The van der Waals surface area contributed by atoms with E-state index in [0.29, 0.717) is 69.6 Å². The van der Waals surface area contributed by atoms with Crippen LogP contribution in [0.1, 0.15) is 5.56 Å². The van der Waals surface area contributed by atoms with Crippen molar-refractivity contribution in [1.82, 2.24) is 4.90 Å². The minimum absolute atomic E-state index is 0.0969. The molecule has 0 N–H and O–H groups in total. The average Bonchev–Trinajstić information content (AvgIpc) is 2.81. The van der Waals surface area contributed by atoms with E-state index in [4.69, 9.17) is 16.3 Å². The van der Waals surface area contributed by atoms with Crippen LogP contribution in [0.25, 0.3) is 0 Å². The summed E-state index contributed by atoms with van der Waals surface area (Å²) in [5.41, 5.74) is 2.63. The summed E-state index contributed by atoms with van der Waals surface area (Å²) in [6.07, 6.45) is 0.357. The van der Waals surface area contributed by atoms with Gasteiger partial charge in [0.1, 0.15) is 5.69 Å². The standard InChI is InChI=1S/C22H25ClN4O4/c23-18-3-1-17(2-4-18)15-22(28)26-9-7-24(8-10-26)19-5-6-20(27(29)30)21(16-19)25-11-13-31-14-12-25/h1-6,16H,7-15H2. The number of carbonyl (C=O) groups is 1. The summed E-state index contributed by atoms with van der Waals surface area (Å²) >= 11 is 5.91. The van der Waals surface area contributed by atoms with E-state index in [-0.39, 0.29) is 16.5 Å². The lowest BCUT2D eigenvalue weighted by molar-refractivity contribution is -0.384. The number of carbonyl (C=O) groups excluding carboxylic acids is 1. The maximum atomic E-state index is 12.7. The summed E-state index contributed by atoms with van der Waals surface area (Å²) in [5, 5.41) is 12.2. The Balaban J connectivity index is 1.41. The molecule has 0 bridgehead atoms. The lowest BCUT2D eigenvalue weighted by Crippen LogP contribution is -2.49. The first-order chi connectivity index (χ1) is 15.0. The van der Waals surface area contributed by atoms with Crippen LogP contribution in [0.3, 0.4) is 0 Å². The van der Waals surface area contributed by atoms with Gasteiger partial charge in [-0.2, -0.15) is 0 Å². The number of amides is 1. The zero-order valence-corrected chi connectivity index (χ0v) is 18.0. The van der Waals surface area contributed by atoms with Crippen molar-refractivity contribution < 1.29 is 14.5 Å². The Morgan fingerprint density at radius 1 is 0.968 bits per heavy atom. The molecule has 8 nitrogen and oxygen atoms in total.